The summed E-state index contributed by atoms with van der Waals surface area (Å²) in [5, 5.41) is 19.1. The fraction of sp³-hybridized carbons (Fsp3) is 0.483. The Morgan fingerprint density at radius 3 is 2.68 bits per heavy atom. The van der Waals surface area contributed by atoms with Gasteiger partial charge in [-0.3, -0.25) is 14.4 Å². The summed E-state index contributed by atoms with van der Waals surface area (Å²) in [5.41, 5.74) is 2.03. The predicted octanol–water partition coefficient (Wildman–Crippen LogP) is 1.89. The Bertz CT molecular complexity index is 1380. The maximum atomic E-state index is 13.8. The number of nitrogens with zero attached hydrogens (tertiary/aromatic N) is 4. The zero-order chi connectivity index (χ0) is 29.1. The molecule has 3 N–H and O–H groups in total. The van der Waals surface area contributed by atoms with Crippen LogP contribution >= 0.6 is 11.3 Å². The molecule has 1 saturated heterocycles. The number of carbonyl (C=O) groups excluding carboxylic acids is 3. The first-order chi connectivity index (χ1) is 19.6. The summed E-state index contributed by atoms with van der Waals surface area (Å²) in [6, 6.07) is 6.05. The molecule has 5 rings (SSSR count). The molecular weight excluding hydrogens is 544 g/mol. The molecule has 0 bridgehead atoms. The van der Waals surface area contributed by atoms with Gasteiger partial charge in [0.1, 0.15) is 29.5 Å². The van der Waals surface area contributed by atoms with E-state index in [4.69, 9.17) is 4.74 Å². The first kappa shape index (κ1) is 28.9. The van der Waals surface area contributed by atoms with E-state index in [0.29, 0.717) is 19.8 Å². The highest BCUT2D eigenvalue weighted by Crippen LogP contribution is 2.27. The van der Waals surface area contributed by atoms with Gasteiger partial charge in [-0.1, -0.05) is 45.0 Å². The van der Waals surface area contributed by atoms with E-state index < -0.39 is 23.6 Å². The second kappa shape index (κ2) is 12.1. The number of nitrogens with one attached hydrogen (secondary N) is 2. The zero-order valence-electron chi connectivity index (χ0n) is 23.5. The van der Waals surface area contributed by atoms with Crippen molar-refractivity contribution in [1.82, 2.24) is 30.1 Å². The molecule has 2 aliphatic rings. The first-order valence-electron chi connectivity index (χ1n) is 13.8. The van der Waals surface area contributed by atoms with Crippen LogP contribution in [0.3, 0.4) is 0 Å². The van der Waals surface area contributed by atoms with Gasteiger partial charge in [-0.25, -0.2) is 9.97 Å². The number of benzene rings is 1. The van der Waals surface area contributed by atoms with E-state index in [-0.39, 0.29) is 43.7 Å². The molecule has 2 aromatic heterocycles. The second-order valence-electron chi connectivity index (χ2n) is 11.6. The summed E-state index contributed by atoms with van der Waals surface area (Å²) in [6.45, 7) is 7.49. The number of fused-ring (bicyclic) bond motifs is 1. The van der Waals surface area contributed by atoms with Gasteiger partial charge in [0.25, 0.3) is 0 Å². The molecule has 2 aliphatic heterocycles. The van der Waals surface area contributed by atoms with E-state index in [9.17, 15) is 19.5 Å². The average Bonchev–Trinajstić information content (AvgIpc) is 3.71. The molecule has 0 unspecified atom stereocenters. The van der Waals surface area contributed by atoms with Crippen molar-refractivity contribution in [3.05, 3.63) is 59.1 Å². The van der Waals surface area contributed by atoms with Gasteiger partial charge in [-0.15, -0.1) is 11.3 Å². The normalized spacial score (nSPS) is 19.5. The lowest BCUT2D eigenvalue weighted by Gasteiger charge is -2.35. The molecule has 4 heterocycles. The van der Waals surface area contributed by atoms with E-state index >= 15 is 0 Å². The maximum absolute atomic E-state index is 13.8. The molecule has 1 aromatic carbocycles. The lowest BCUT2D eigenvalue weighted by molar-refractivity contribution is -0.144. The number of hydrogen-bond acceptors (Lipinski definition) is 8. The Balaban J connectivity index is 1.23. The van der Waals surface area contributed by atoms with E-state index in [0.717, 1.165) is 27.7 Å². The molecule has 12 heteroatoms. The highest BCUT2D eigenvalue weighted by molar-refractivity contribution is 7.13. The van der Waals surface area contributed by atoms with Crippen LogP contribution in [0.15, 0.2) is 42.0 Å². The lowest BCUT2D eigenvalue weighted by Crippen LogP contribution is -2.58. The van der Waals surface area contributed by atoms with Gasteiger partial charge >= 0.3 is 0 Å². The number of hydrogen-bond donors (Lipinski definition) is 3. The Kier molecular flexibility index (Phi) is 8.52. The summed E-state index contributed by atoms with van der Waals surface area (Å²) in [4.78, 5) is 50.2. The van der Waals surface area contributed by atoms with Crippen LogP contribution in [0.25, 0.3) is 10.6 Å². The molecule has 0 aliphatic carbocycles. The molecule has 0 spiro atoms. The highest BCUT2D eigenvalue weighted by Gasteiger charge is 2.44. The van der Waals surface area contributed by atoms with Crippen LogP contribution in [-0.2, 0) is 45.2 Å². The number of β-amino-alcohol motifs (C(OH)–C–C–N with tert-alkyl or cyclic N) is 1. The molecule has 0 radical (unpaired) electrons. The number of aliphatic hydroxyl groups excluding tert-OH is 1. The van der Waals surface area contributed by atoms with Crippen LogP contribution in [0.1, 0.15) is 44.3 Å². The van der Waals surface area contributed by atoms with Crippen molar-refractivity contribution < 1.29 is 24.2 Å². The largest absolute Gasteiger partial charge is 0.391 e. The Morgan fingerprint density at radius 2 is 1.98 bits per heavy atom. The standard InChI is InChI=1S/C29H36N6O5S/c1-29(2,3)25(33-24(37)12-20-15-31-23-17-40-10-9-34(20)23)28(39)35-16-21(36)13-22(35)26(38)32-14-18-4-6-19(7-5-18)27-30-8-11-41-27/h4-8,11,15,21-22,25,36H,9-10,12-14,16-17H2,1-3H3,(H,32,38)(H,33,37)/t21-,22+,25-/m1/s1. The number of amides is 3. The molecule has 1 fully saturated rings. The average molecular weight is 581 g/mol. The van der Waals surface area contributed by atoms with Crippen LogP contribution in [0.2, 0.25) is 0 Å². The molecule has 11 nitrogen and oxygen atoms in total. The number of thiazole rings is 1. The maximum Gasteiger partial charge on any atom is 0.246 e. The third-order valence-electron chi connectivity index (χ3n) is 7.44. The van der Waals surface area contributed by atoms with Gasteiger partial charge in [0, 0.05) is 55.1 Å². The fourth-order valence-corrected chi connectivity index (χ4v) is 5.88. The molecule has 3 aromatic rings. The van der Waals surface area contributed by atoms with Gasteiger partial charge in [-0.2, -0.15) is 0 Å². The highest BCUT2D eigenvalue weighted by atomic mass is 32.1. The number of ether oxygens (including phenoxy) is 1. The summed E-state index contributed by atoms with van der Waals surface area (Å²) in [6.07, 6.45) is 2.80. The number of aliphatic hydroxyl groups is 1. The van der Waals surface area contributed by atoms with Crippen LogP contribution < -0.4 is 10.6 Å². The molecule has 3 atom stereocenters. The van der Waals surface area contributed by atoms with E-state index in [1.807, 2.05) is 55.0 Å². The summed E-state index contributed by atoms with van der Waals surface area (Å²) >= 11 is 1.56. The molecule has 0 saturated carbocycles. The van der Waals surface area contributed by atoms with Gasteiger partial charge in [0.05, 0.1) is 19.1 Å². The van der Waals surface area contributed by atoms with Crippen LogP contribution in [0.5, 0.6) is 0 Å². The van der Waals surface area contributed by atoms with Crippen molar-refractivity contribution in [3.63, 3.8) is 0 Å². The van der Waals surface area contributed by atoms with Crippen molar-refractivity contribution in [2.45, 2.75) is 71.5 Å². The zero-order valence-corrected chi connectivity index (χ0v) is 24.3. The smallest absolute Gasteiger partial charge is 0.246 e. The fourth-order valence-electron chi connectivity index (χ4n) is 5.24. The van der Waals surface area contributed by atoms with Crippen LogP contribution in [0, 0.1) is 5.41 Å². The van der Waals surface area contributed by atoms with Gasteiger partial charge in [-0.05, 0) is 11.0 Å². The number of likely N-dealkylation sites (tertiary alicyclic amines) is 1. The van der Waals surface area contributed by atoms with Crippen molar-refractivity contribution in [3.8, 4) is 10.6 Å². The summed E-state index contributed by atoms with van der Waals surface area (Å²) in [7, 11) is 0. The van der Waals surface area contributed by atoms with Crippen molar-refractivity contribution in [1.29, 1.82) is 0 Å². The van der Waals surface area contributed by atoms with Gasteiger partial charge < -0.3 is 29.9 Å². The lowest BCUT2D eigenvalue weighted by atomic mass is 9.85. The minimum absolute atomic E-state index is 0.0258. The first-order valence-corrected chi connectivity index (χ1v) is 14.6. The third-order valence-corrected chi connectivity index (χ3v) is 8.26. The van der Waals surface area contributed by atoms with Crippen LogP contribution in [-0.4, -0.2) is 73.6 Å². The van der Waals surface area contributed by atoms with Crippen molar-refractivity contribution in [2.24, 2.45) is 5.41 Å². The van der Waals surface area contributed by atoms with E-state index in [2.05, 4.69) is 20.6 Å². The summed E-state index contributed by atoms with van der Waals surface area (Å²) < 4.78 is 7.39. The minimum Gasteiger partial charge on any atom is -0.391 e. The third kappa shape index (κ3) is 6.66. The molecule has 218 valence electrons. The van der Waals surface area contributed by atoms with E-state index in [1.165, 1.54) is 4.90 Å². The Hall–Kier alpha value is -3.61. The SMILES string of the molecule is CC(C)(C)[C@H](NC(=O)Cc1cnc2n1CCOC2)C(=O)N1C[C@H](O)C[C@H]1C(=O)NCc1ccc(-c2nccs2)cc1. The number of imidazole rings is 1. The van der Waals surface area contributed by atoms with E-state index in [1.54, 1.807) is 23.7 Å². The van der Waals surface area contributed by atoms with Gasteiger partial charge in [0.15, 0.2) is 0 Å². The topological polar surface area (TPSA) is 139 Å². The van der Waals surface area contributed by atoms with Gasteiger partial charge in [0.2, 0.25) is 17.7 Å². The Morgan fingerprint density at radius 1 is 1.20 bits per heavy atom. The number of aromatic nitrogens is 3. The quantitative estimate of drug-likeness (QED) is 0.370. The van der Waals surface area contributed by atoms with Crippen molar-refractivity contribution in [2.75, 3.05) is 13.2 Å². The Labute approximate surface area is 242 Å². The minimum atomic E-state index is -0.888. The molecule has 41 heavy (non-hydrogen) atoms. The summed E-state index contributed by atoms with van der Waals surface area (Å²) in [5.74, 6) is -0.266. The monoisotopic (exact) mass is 580 g/mol. The van der Waals surface area contributed by atoms with Crippen LogP contribution in [0.4, 0.5) is 0 Å². The number of rotatable bonds is 8. The number of carbonyl (C=O) groups is 3. The molecular formula is C29H36N6O5S. The van der Waals surface area contributed by atoms with Crippen molar-refractivity contribution >= 4 is 29.1 Å². The molecule has 3 amide bonds. The predicted molar refractivity (Wildman–Crippen MR) is 152 cm³/mol. The second-order valence-corrected chi connectivity index (χ2v) is 12.5.